The molecule has 1 fully saturated rings. The minimum Gasteiger partial charge on any atom is -0.492 e. The quantitative estimate of drug-likeness (QED) is 0.902. The maximum Gasteiger partial charge on any atom is 0.406 e. The predicted octanol–water partition coefficient (Wildman–Crippen LogP) is 2.43. The molecule has 8 heteroatoms. The molecule has 0 radical (unpaired) electrons. The molecule has 1 saturated heterocycles. The minimum absolute atomic E-state index is 0.223. The largest absolute Gasteiger partial charge is 0.492 e. The number of rotatable bonds is 5. The molecule has 1 N–H and O–H groups in total. The first kappa shape index (κ1) is 17.1. The summed E-state index contributed by atoms with van der Waals surface area (Å²) in [5.41, 5.74) is 0.432. The van der Waals surface area contributed by atoms with Crippen LogP contribution < -0.4 is 10.1 Å². The van der Waals surface area contributed by atoms with Gasteiger partial charge < -0.3 is 15.0 Å². The molecule has 0 unspecified atom stereocenters. The Kier molecular flexibility index (Phi) is 5.12. The molecule has 1 aliphatic rings. The smallest absolute Gasteiger partial charge is 0.406 e. The van der Waals surface area contributed by atoms with Gasteiger partial charge in [0.05, 0.1) is 18.2 Å². The highest BCUT2D eigenvalue weighted by Crippen LogP contribution is 2.27. The van der Waals surface area contributed by atoms with Crippen LogP contribution in [-0.2, 0) is 9.59 Å². The van der Waals surface area contributed by atoms with Crippen molar-refractivity contribution in [2.24, 2.45) is 5.92 Å². The summed E-state index contributed by atoms with van der Waals surface area (Å²) in [6.45, 7) is 0.642. The number of halogens is 3. The van der Waals surface area contributed by atoms with Crippen molar-refractivity contribution in [1.29, 1.82) is 0 Å². The van der Waals surface area contributed by atoms with E-state index in [4.69, 9.17) is 4.74 Å². The molecule has 1 atom stereocenters. The van der Waals surface area contributed by atoms with Crippen LogP contribution in [0.2, 0.25) is 0 Å². The summed E-state index contributed by atoms with van der Waals surface area (Å²) < 4.78 is 42.5. The Morgan fingerprint density at radius 1 is 1.39 bits per heavy atom. The van der Waals surface area contributed by atoms with E-state index in [0.717, 1.165) is 0 Å². The normalized spacial score (nSPS) is 18.2. The second-order valence-corrected chi connectivity index (χ2v) is 5.21. The monoisotopic (exact) mass is 330 g/mol. The number of nitrogens with zero attached hydrogens (tertiary/aromatic N) is 1. The zero-order valence-electron chi connectivity index (χ0n) is 12.5. The lowest BCUT2D eigenvalue weighted by molar-refractivity contribution is -0.157. The molecule has 0 bridgehead atoms. The summed E-state index contributed by atoms with van der Waals surface area (Å²) in [6, 6.07) is 6.75. The summed E-state index contributed by atoms with van der Waals surface area (Å²) in [5, 5.41) is 2.62. The Bertz CT molecular complexity index is 590. The Hall–Kier alpha value is -2.25. The number of alkyl halides is 3. The van der Waals surface area contributed by atoms with Crippen LogP contribution in [0.4, 0.5) is 18.9 Å². The maximum absolute atomic E-state index is 12.4. The van der Waals surface area contributed by atoms with Crippen LogP contribution in [0.1, 0.15) is 13.3 Å². The van der Waals surface area contributed by atoms with Gasteiger partial charge in [-0.25, -0.2) is 0 Å². The van der Waals surface area contributed by atoms with Gasteiger partial charge in [0.1, 0.15) is 12.3 Å². The van der Waals surface area contributed by atoms with E-state index in [1.54, 1.807) is 31.2 Å². The summed E-state index contributed by atoms with van der Waals surface area (Å²) in [6.07, 6.45) is -4.69. The lowest BCUT2D eigenvalue weighted by Gasteiger charge is -2.18. The van der Waals surface area contributed by atoms with Gasteiger partial charge in [-0.05, 0) is 19.1 Å². The molecule has 5 nitrogen and oxygen atoms in total. The third-order valence-corrected chi connectivity index (χ3v) is 3.40. The van der Waals surface area contributed by atoms with Crippen LogP contribution in [0.3, 0.4) is 0 Å². The van der Waals surface area contributed by atoms with Crippen LogP contribution >= 0.6 is 0 Å². The number of carbonyl (C=O) groups is 2. The van der Waals surface area contributed by atoms with Crippen LogP contribution in [0.15, 0.2) is 24.3 Å². The zero-order valence-corrected chi connectivity index (χ0v) is 12.5. The molecule has 1 heterocycles. The third-order valence-electron chi connectivity index (χ3n) is 3.40. The number of likely N-dealkylation sites (tertiary alicyclic amines) is 1. The van der Waals surface area contributed by atoms with Crippen molar-refractivity contribution in [3.63, 3.8) is 0 Å². The van der Waals surface area contributed by atoms with Gasteiger partial charge in [0, 0.05) is 13.0 Å². The number of hydrogen-bond donors (Lipinski definition) is 1. The minimum atomic E-state index is -4.47. The fourth-order valence-electron chi connectivity index (χ4n) is 2.40. The molecular formula is C15H17F3N2O3. The Balaban J connectivity index is 2.01. The average Bonchev–Trinajstić information content (AvgIpc) is 2.81. The number of para-hydroxylation sites is 2. The van der Waals surface area contributed by atoms with Gasteiger partial charge in [-0.2, -0.15) is 13.2 Å². The van der Waals surface area contributed by atoms with Gasteiger partial charge in [-0.3, -0.25) is 9.59 Å². The molecular weight excluding hydrogens is 313 g/mol. The van der Waals surface area contributed by atoms with E-state index >= 15 is 0 Å². The molecule has 2 amide bonds. The number of carbonyl (C=O) groups excluding carboxylic acids is 2. The molecule has 1 aliphatic heterocycles. The zero-order chi connectivity index (χ0) is 17.0. The molecule has 0 aliphatic carbocycles. The van der Waals surface area contributed by atoms with E-state index in [0.29, 0.717) is 22.9 Å². The second-order valence-electron chi connectivity index (χ2n) is 5.21. The first-order valence-electron chi connectivity index (χ1n) is 7.17. The second kappa shape index (κ2) is 6.89. The lowest BCUT2D eigenvalue weighted by Crippen LogP contribution is -2.36. The summed E-state index contributed by atoms with van der Waals surface area (Å²) in [7, 11) is 0. The molecule has 2 rings (SSSR count). The van der Waals surface area contributed by atoms with Gasteiger partial charge in [0.25, 0.3) is 0 Å². The van der Waals surface area contributed by atoms with E-state index in [9.17, 15) is 22.8 Å². The number of anilines is 1. The number of nitrogens with one attached hydrogen (secondary N) is 1. The number of amides is 2. The van der Waals surface area contributed by atoms with Gasteiger partial charge in [0.2, 0.25) is 11.8 Å². The first-order valence-corrected chi connectivity index (χ1v) is 7.17. The molecule has 23 heavy (non-hydrogen) atoms. The van der Waals surface area contributed by atoms with Crippen molar-refractivity contribution in [2.45, 2.75) is 19.5 Å². The molecule has 126 valence electrons. The predicted molar refractivity (Wildman–Crippen MR) is 77.0 cm³/mol. The number of ether oxygens (including phenoxy) is 1. The van der Waals surface area contributed by atoms with E-state index in [-0.39, 0.29) is 13.0 Å². The maximum atomic E-state index is 12.4. The van der Waals surface area contributed by atoms with Crippen molar-refractivity contribution in [3.8, 4) is 5.75 Å². The SMILES string of the molecule is CCOc1ccccc1NC(=O)[C@H]1CC(=O)N(CC(F)(F)F)C1. The van der Waals surface area contributed by atoms with Crippen LogP contribution in [-0.4, -0.2) is 42.6 Å². The summed E-state index contributed by atoms with van der Waals surface area (Å²) >= 11 is 0. The summed E-state index contributed by atoms with van der Waals surface area (Å²) in [4.78, 5) is 24.5. The van der Waals surface area contributed by atoms with E-state index in [1.165, 1.54) is 0 Å². The Labute approximate surface area is 131 Å². The molecule has 0 spiro atoms. The highest BCUT2D eigenvalue weighted by Gasteiger charge is 2.40. The highest BCUT2D eigenvalue weighted by atomic mass is 19.4. The highest BCUT2D eigenvalue weighted by molar-refractivity contribution is 5.98. The van der Waals surface area contributed by atoms with Crippen molar-refractivity contribution in [1.82, 2.24) is 4.90 Å². The molecule has 1 aromatic carbocycles. The van der Waals surface area contributed by atoms with E-state index < -0.39 is 30.5 Å². The topological polar surface area (TPSA) is 58.6 Å². The van der Waals surface area contributed by atoms with Gasteiger partial charge in [-0.15, -0.1) is 0 Å². The Morgan fingerprint density at radius 2 is 2.09 bits per heavy atom. The average molecular weight is 330 g/mol. The van der Waals surface area contributed by atoms with Gasteiger partial charge in [-0.1, -0.05) is 12.1 Å². The third kappa shape index (κ3) is 4.61. The van der Waals surface area contributed by atoms with Crippen LogP contribution in [0.5, 0.6) is 5.75 Å². The van der Waals surface area contributed by atoms with Crippen molar-refractivity contribution >= 4 is 17.5 Å². The van der Waals surface area contributed by atoms with E-state index in [2.05, 4.69) is 5.32 Å². The lowest BCUT2D eigenvalue weighted by atomic mass is 10.1. The van der Waals surface area contributed by atoms with Crippen LogP contribution in [0, 0.1) is 5.92 Å². The standard InChI is InChI=1S/C15H17F3N2O3/c1-2-23-12-6-4-3-5-11(12)19-14(22)10-7-13(21)20(8-10)9-15(16,17)18/h3-6,10H,2,7-9H2,1H3,(H,19,22)/t10-/m0/s1. The van der Waals surface area contributed by atoms with Gasteiger partial charge in [0.15, 0.2) is 0 Å². The van der Waals surface area contributed by atoms with Crippen molar-refractivity contribution in [2.75, 3.05) is 25.0 Å². The first-order chi connectivity index (χ1) is 10.8. The van der Waals surface area contributed by atoms with Gasteiger partial charge >= 0.3 is 6.18 Å². The molecule has 0 saturated carbocycles. The van der Waals surface area contributed by atoms with Crippen molar-refractivity contribution < 1.29 is 27.5 Å². The fourth-order valence-corrected chi connectivity index (χ4v) is 2.40. The molecule has 0 aromatic heterocycles. The molecule has 1 aromatic rings. The van der Waals surface area contributed by atoms with E-state index in [1.807, 2.05) is 0 Å². The number of hydrogen-bond acceptors (Lipinski definition) is 3. The number of benzene rings is 1. The summed E-state index contributed by atoms with van der Waals surface area (Å²) in [5.74, 6) is -1.49. The Morgan fingerprint density at radius 3 is 2.74 bits per heavy atom. The van der Waals surface area contributed by atoms with Crippen molar-refractivity contribution in [3.05, 3.63) is 24.3 Å². The van der Waals surface area contributed by atoms with Crippen LogP contribution in [0.25, 0.3) is 0 Å². The fraction of sp³-hybridized carbons (Fsp3) is 0.467.